The second kappa shape index (κ2) is 7.96. The summed E-state index contributed by atoms with van der Waals surface area (Å²) in [5, 5.41) is 7.51. The van der Waals surface area contributed by atoms with Gasteiger partial charge in [-0.3, -0.25) is 14.9 Å². The van der Waals surface area contributed by atoms with Crippen LogP contribution >= 0.6 is 33.9 Å². The normalized spacial score (nSPS) is 10.6. The third-order valence-electron chi connectivity index (χ3n) is 3.33. The number of hydrogen-bond donors (Lipinski definition) is 2. The van der Waals surface area contributed by atoms with Gasteiger partial charge in [-0.2, -0.15) is 0 Å². The third kappa shape index (κ3) is 4.47. The summed E-state index contributed by atoms with van der Waals surface area (Å²) in [6, 6.07) is 7.47. The van der Waals surface area contributed by atoms with Crippen LogP contribution in [0.25, 0.3) is 11.5 Å². The predicted octanol–water partition coefficient (Wildman–Crippen LogP) is 4.04. The van der Waals surface area contributed by atoms with Crippen LogP contribution in [0.15, 0.2) is 40.1 Å². The molecule has 0 spiro atoms. The molecule has 0 saturated carbocycles. The van der Waals surface area contributed by atoms with Crippen molar-refractivity contribution in [2.45, 2.75) is 13.5 Å². The first-order chi connectivity index (χ1) is 12.4. The minimum Gasteiger partial charge on any atom is -0.458 e. The summed E-state index contributed by atoms with van der Waals surface area (Å²) in [5.41, 5.74) is 0.951. The quantitative estimate of drug-likeness (QED) is 0.535. The van der Waals surface area contributed by atoms with E-state index in [2.05, 4.69) is 15.6 Å². The highest BCUT2D eigenvalue weighted by Crippen LogP contribution is 2.27. The van der Waals surface area contributed by atoms with Crippen molar-refractivity contribution in [1.82, 2.24) is 10.3 Å². The van der Waals surface area contributed by atoms with E-state index >= 15 is 0 Å². The van der Waals surface area contributed by atoms with Crippen molar-refractivity contribution >= 4 is 50.9 Å². The van der Waals surface area contributed by atoms with Crippen LogP contribution in [0.5, 0.6) is 0 Å². The number of furan rings is 1. The molecular weight excluding hydrogens is 472 g/mol. The van der Waals surface area contributed by atoms with Gasteiger partial charge in [-0.05, 0) is 52.9 Å². The molecular formula is C17H13FIN3O3S. The van der Waals surface area contributed by atoms with Gasteiger partial charge in [0.25, 0.3) is 5.91 Å². The molecule has 6 nitrogen and oxygen atoms in total. The van der Waals surface area contributed by atoms with Crippen LogP contribution in [-0.2, 0) is 11.3 Å². The number of nitrogens with one attached hydrogen (secondary N) is 2. The molecule has 1 aromatic carbocycles. The molecule has 0 atom stereocenters. The van der Waals surface area contributed by atoms with E-state index in [0.717, 1.165) is 0 Å². The lowest BCUT2D eigenvalue weighted by atomic mass is 10.2. The third-order valence-corrected chi connectivity index (χ3v) is 4.98. The van der Waals surface area contributed by atoms with E-state index in [1.807, 2.05) is 22.6 Å². The van der Waals surface area contributed by atoms with Gasteiger partial charge in [0, 0.05) is 15.9 Å². The van der Waals surface area contributed by atoms with E-state index in [1.165, 1.54) is 36.5 Å². The highest BCUT2D eigenvalue weighted by atomic mass is 127. The Kier molecular flexibility index (Phi) is 5.67. The summed E-state index contributed by atoms with van der Waals surface area (Å²) >= 11 is 3.17. The summed E-state index contributed by atoms with van der Waals surface area (Å²) < 4.78 is 19.3. The van der Waals surface area contributed by atoms with Gasteiger partial charge in [0.05, 0.1) is 12.1 Å². The van der Waals surface area contributed by atoms with Crippen LogP contribution in [0.2, 0.25) is 0 Å². The molecule has 0 bridgehead atoms. The van der Waals surface area contributed by atoms with Crippen molar-refractivity contribution in [2.75, 3.05) is 5.32 Å². The van der Waals surface area contributed by atoms with E-state index in [1.54, 1.807) is 17.5 Å². The monoisotopic (exact) mass is 485 g/mol. The second-order valence-electron chi connectivity index (χ2n) is 5.29. The molecule has 2 N–H and O–H groups in total. The number of nitrogens with zero attached hydrogens (tertiary/aromatic N) is 1. The number of carbonyl (C=O) groups is 2. The lowest BCUT2D eigenvalue weighted by molar-refractivity contribution is -0.119. The summed E-state index contributed by atoms with van der Waals surface area (Å²) in [4.78, 5) is 27.6. The van der Waals surface area contributed by atoms with Crippen molar-refractivity contribution in [2.24, 2.45) is 0 Å². The highest BCUT2D eigenvalue weighted by molar-refractivity contribution is 14.1. The Morgan fingerprint density at radius 2 is 2.12 bits per heavy atom. The largest absolute Gasteiger partial charge is 0.458 e. The van der Waals surface area contributed by atoms with Gasteiger partial charge in [-0.25, -0.2) is 9.37 Å². The molecule has 134 valence electrons. The van der Waals surface area contributed by atoms with Crippen LogP contribution in [-0.4, -0.2) is 16.8 Å². The van der Waals surface area contributed by atoms with Gasteiger partial charge in [0.2, 0.25) is 5.91 Å². The zero-order valence-corrected chi connectivity index (χ0v) is 16.5. The van der Waals surface area contributed by atoms with E-state index in [-0.39, 0.29) is 11.8 Å². The zero-order chi connectivity index (χ0) is 18.7. The predicted molar refractivity (Wildman–Crippen MR) is 104 cm³/mol. The molecule has 0 fully saturated rings. The lowest BCUT2D eigenvalue weighted by Crippen LogP contribution is -2.18. The summed E-state index contributed by atoms with van der Waals surface area (Å²) in [5.74, 6) is 0.251. The minimum atomic E-state index is -0.393. The number of halogens is 2. The number of benzene rings is 1. The molecule has 0 aliphatic carbocycles. The molecule has 2 amide bonds. The van der Waals surface area contributed by atoms with Gasteiger partial charge < -0.3 is 9.73 Å². The van der Waals surface area contributed by atoms with Gasteiger partial charge in [0.15, 0.2) is 10.9 Å². The molecule has 0 aliphatic heterocycles. The molecule has 3 rings (SSSR count). The van der Waals surface area contributed by atoms with Gasteiger partial charge >= 0.3 is 0 Å². The Hall–Kier alpha value is -2.27. The highest BCUT2D eigenvalue weighted by Gasteiger charge is 2.14. The fourth-order valence-corrected chi connectivity index (χ4v) is 3.52. The Morgan fingerprint density at radius 1 is 1.31 bits per heavy atom. The van der Waals surface area contributed by atoms with Crippen molar-refractivity contribution in [3.63, 3.8) is 0 Å². The van der Waals surface area contributed by atoms with Gasteiger partial charge in [-0.1, -0.05) is 0 Å². The first-order valence-corrected chi connectivity index (χ1v) is 9.43. The van der Waals surface area contributed by atoms with Crippen LogP contribution in [0, 0.1) is 9.39 Å². The molecule has 0 saturated heterocycles. The Morgan fingerprint density at radius 3 is 2.85 bits per heavy atom. The van der Waals surface area contributed by atoms with Crippen LogP contribution in [0.3, 0.4) is 0 Å². The molecule has 2 aromatic heterocycles. The molecule has 0 aliphatic rings. The number of rotatable bonds is 5. The molecule has 0 radical (unpaired) electrons. The number of thiazole rings is 1. The van der Waals surface area contributed by atoms with E-state index in [4.69, 9.17) is 4.42 Å². The van der Waals surface area contributed by atoms with Gasteiger partial charge in [0.1, 0.15) is 17.3 Å². The minimum absolute atomic E-state index is 0.142. The second-order valence-corrected chi connectivity index (χ2v) is 7.31. The number of anilines is 1. The Balaban J connectivity index is 1.70. The SMILES string of the molecule is CC(=O)NCc1ccc(-c2csc(NC(=O)c3ccc(F)cc3I)n2)o1. The number of hydrogen-bond acceptors (Lipinski definition) is 5. The number of carbonyl (C=O) groups excluding carboxylic acids is 2. The number of amides is 2. The summed E-state index contributed by atoms with van der Waals surface area (Å²) in [7, 11) is 0. The van der Waals surface area contributed by atoms with E-state index in [0.29, 0.717) is 38.0 Å². The van der Waals surface area contributed by atoms with Crippen molar-refractivity contribution in [3.05, 3.63) is 56.4 Å². The standard InChI is InChI=1S/C17H13FIN3O3S/c1-9(23)20-7-11-3-5-15(25-11)14-8-26-17(21-14)22-16(24)12-4-2-10(18)6-13(12)19/h2-6,8H,7H2,1H3,(H,20,23)(H,21,22,24). The van der Waals surface area contributed by atoms with Crippen LogP contribution in [0.1, 0.15) is 23.0 Å². The van der Waals surface area contributed by atoms with E-state index < -0.39 is 5.82 Å². The van der Waals surface area contributed by atoms with E-state index in [9.17, 15) is 14.0 Å². The average Bonchev–Trinajstić information content (AvgIpc) is 3.21. The van der Waals surface area contributed by atoms with Crippen LogP contribution in [0.4, 0.5) is 9.52 Å². The van der Waals surface area contributed by atoms with Crippen LogP contribution < -0.4 is 10.6 Å². The number of aromatic nitrogens is 1. The fraction of sp³-hybridized carbons (Fsp3) is 0.118. The maximum atomic E-state index is 13.1. The summed E-state index contributed by atoms with van der Waals surface area (Å²) in [6.45, 7) is 1.73. The van der Waals surface area contributed by atoms with Crippen molar-refractivity contribution < 1.29 is 18.4 Å². The van der Waals surface area contributed by atoms with Crippen molar-refractivity contribution in [1.29, 1.82) is 0 Å². The van der Waals surface area contributed by atoms with Crippen molar-refractivity contribution in [3.8, 4) is 11.5 Å². The first kappa shape index (κ1) is 18.5. The maximum Gasteiger partial charge on any atom is 0.258 e. The summed E-state index contributed by atoms with van der Waals surface area (Å²) in [6.07, 6.45) is 0. The topological polar surface area (TPSA) is 84.2 Å². The smallest absolute Gasteiger partial charge is 0.258 e. The molecule has 9 heteroatoms. The lowest BCUT2D eigenvalue weighted by Gasteiger charge is -2.04. The zero-order valence-electron chi connectivity index (χ0n) is 13.5. The maximum absolute atomic E-state index is 13.1. The average molecular weight is 485 g/mol. The molecule has 2 heterocycles. The fourth-order valence-electron chi connectivity index (χ4n) is 2.10. The molecule has 26 heavy (non-hydrogen) atoms. The Labute approximate surface area is 166 Å². The first-order valence-electron chi connectivity index (χ1n) is 7.48. The Bertz CT molecular complexity index is 970. The molecule has 3 aromatic rings. The van der Waals surface area contributed by atoms with Gasteiger partial charge in [-0.15, -0.1) is 11.3 Å². The molecule has 0 unspecified atom stereocenters.